The molecule has 0 spiro atoms. The summed E-state index contributed by atoms with van der Waals surface area (Å²) < 4.78 is 0. The second kappa shape index (κ2) is 11.1. The fourth-order valence-corrected chi connectivity index (χ4v) is 4.84. The standard InChI is InChI=1S/C32H32N2/c1-4-11-27(12-5-1)13-10-22-33-23-25-34(26-24-33)32(30-16-8-3-9-17-30)31-20-18-29(19-21-31)28-14-6-2-7-15-28/h1-21,32H,22-26H2/b13-10-/t32-/m1/s1. The van der Waals surface area contributed by atoms with Crippen molar-refractivity contribution in [2.75, 3.05) is 32.7 Å². The summed E-state index contributed by atoms with van der Waals surface area (Å²) in [6, 6.07) is 41.6. The summed E-state index contributed by atoms with van der Waals surface area (Å²) in [5.41, 5.74) is 6.54. The number of hydrogen-bond acceptors (Lipinski definition) is 2. The zero-order valence-electron chi connectivity index (χ0n) is 19.6. The fraction of sp³-hybridized carbons (Fsp3) is 0.188. The van der Waals surface area contributed by atoms with Crippen molar-refractivity contribution in [3.63, 3.8) is 0 Å². The summed E-state index contributed by atoms with van der Waals surface area (Å²) in [6.45, 7) is 5.32. The first-order valence-corrected chi connectivity index (χ1v) is 12.3. The van der Waals surface area contributed by atoms with E-state index in [-0.39, 0.29) is 6.04 Å². The van der Waals surface area contributed by atoms with E-state index in [1.54, 1.807) is 0 Å². The lowest BCUT2D eigenvalue weighted by Crippen LogP contribution is -2.47. The molecule has 5 rings (SSSR count). The Kier molecular flexibility index (Phi) is 7.30. The molecular formula is C32H32N2. The molecule has 1 aliphatic heterocycles. The van der Waals surface area contributed by atoms with Gasteiger partial charge in [-0.15, -0.1) is 0 Å². The molecule has 4 aromatic rings. The number of rotatable bonds is 7. The molecule has 2 heteroatoms. The third-order valence-electron chi connectivity index (χ3n) is 6.69. The third kappa shape index (κ3) is 5.53. The van der Waals surface area contributed by atoms with E-state index in [2.05, 4.69) is 137 Å². The van der Waals surface area contributed by atoms with Gasteiger partial charge in [-0.2, -0.15) is 0 Å². The average Bonchev–Trinajstić information content (AvgIpc) is 2.92. The van der Waals surface area contributed by atoms with Gasteiger partial charge in [-0.05, 0) is 27.8 Å². The van der Waals surface area contributed by atoms with Crippen molar-refractivity contribution < 1.29 is 0 Å². The largest absolute Gasteiger partial charge is 0.297 e. The van der Waals surface area contributed by atoms with Crippen LogP contribution in [0.4, 0.5) is 0 Å². The molecule has 1 heterocycles. The van der Waals surface area contributed by atoms with Crippen LogP contribution in [-0.4, -0.2) is 42.5 Å². The summed E-state index contributed by atoms with van der Waals surface area (Å²) >= 11 is 0. The van der Waals surface area contributed by atoms with Gasteiger partial charge in [-0.25, -0.2) is 0 Å². The summed E-state index contributed by atoms with van der Waals surface area (Å²) in [4.78, 5) is 5.20. The highest BCUT2D eigenvalue weighted by atomic mass is 15.3. The van der Waals surface area contributed by atoms with Crippen LogP contribution in [0.5, 0.6) is 0 Å². The van der Waals surface area contributed by atoms with E-state index in [1.807, 2.05) is 0 Å². The van der Waals surface area contributed by atoms with Crippen molar-refractivity contribution in [3.8, 4) is 11.1 Å². The van der Waals surface area contributed by atoms with Gasteiger partial charge in [-0.1, -0.05) is 127 Å². The van der Waals surface area contributed by atoms with E-state index in [1.165, 1.54) is 27.8 Å². The Balaban J connectivity index is 1.28. The predicted molar refractivity (Wildman–Crippen MR) is 144 cm³/mol. The van der Waals surface area contributed by atoms with Gasteiger partial charge in [0.15, 0.2) is 0 Å². The van der Waals surface area contributed by atoms with Crippen LogP contribution < -0.4 is 0 Å². The Hall–Kier alpha value is -3.46. The van der Waals surface area contributed by atoms with E-state index in [9.17, 15) is 0 Å². The van der Waals surface area contributed by atoms with Crippen molar-refractivity contribution in [3.05, 3.63) is 138 Å². The van der Waals surface area contributed by atoms with Crippen molar-refractivity contribution in [1.29, 1.82) is 0 Å². The van der Waals surface area contributed by atoms with Gasteiger partial charge < -0.3 is 0 Å². The molecule has 1 atom stereocenters. The van der Waals surface area contributed by atoms with Gasteiger partial charge in [0, 0.05) is 32.7 Å². The van der Waals surface area contributed by atoms with Crippen LogP contribution in [0.3, 0.4) is 0 Å². The SMILES string of the molecule is C(=C/c1ccccc1)/CN1CCN([C@H](c2ccccc2)c2ccc(-c3ccccc3)cc2)CC1. The number of hydrogen-bond donors (Lipinski definition) is 0. The molecule has 0 bridgehead atoms. The minimum absolute atomic E-state index is 0.285. The molecule has 1 saturated heterocycles. The van der Waals surface area contributed by atoms with E-state index < -0.39 is 0 Å². The second-order valence-electron chi connectivity index (χ2n) is 8.95. The number of benzene rings is 4. The predicted octanol–water partition coefficient (Wildman–Crippen LogP) is 6.77. The average molecular weight is 445 g/mol. The monoisotopic (exact) mass is 444 g/mol. The van der Waals surface area contributed by atoms with Gasteiger partial charge in [0.2, 0.25) is 0 Å². The van der Waals surface area contributed by atoms with E-state index in [0.29, 0.717) is 0 Å². The Morgan fingerprint density at radius 3 is 1.74 bits per heavy atom. The molecule has 0 radical (unpaired) electrons. The van der Waals surface area contributed by atoms with Gasteiger partial charge >= 0.3 is 0 Å². The first kappa shape index (κ1) is 22.3. The van der Waals surface area contributed by atoms with E-state index in [4.69, 9.17) is 0 Å². The first-order valence-electron chi connectivity index (χ1n) is 12.3. The highest BCUT2D eigenvalue weighted by Gasteiger charge is 2.26. The van der Waals surface area contributed by atoms with Crippen molar-refractivity contribution >= 4 is 6.08 Å². The van der Waals surface area contributed by atoms with Crippen molar-refractivity contribution in [2.24, 2.45) is 0 Å². The van der Waals surface area contributed by atoms with E-state index in [0.717, 1.165) is 32.7 Å². The van der Waals surface area contributed by atoms with Crippen molar-refractivity contribution in [1.82, 2.24) is 9.80 Å². The van der Waals surface area contributed by atoms with E-state index >= 15 is 0 Å². The van der Waals surface area contributed by atoms with Crippen LogP contribution in [0, 0.1) is 0 Å². The molecule has 170 valence electrons. The van der Waals surface area contributed by atoms with Gasteiger partial charge in [-0.3, -0.25) is 9.80 Å². The maximum Gasteiger partial charge on any atom is 0.0602 e. The third-order valence-corrected chi connectivity index (χ3v) is 6.69. The minimum Gasteiger partial charge on any atom is -0.297 e. The van der Waals surface area contributed by atoms with Gasteiger partial charge in [0.05, 0.1) is 6.04 Å². The molecule has 0 aliphatic carbocycles. The zero-order chi connectivity index (χ0) is 23.0. The summed E-state index contributed by atoms with van der Waals surface area (Å²) in [7, 11) is 0. The lowest BCUT2D eigenvalue weighted by atomic mass is 9.94. The Morgan fingerprint density at radius 1 is 0.559 bits per heavy atom. The maximum absolute atomic E-state index is 2.64. The smallest absolute Gasteiger partial charge is 0.0602 e. The molecule has 1 aliphatic rings. The summed E-state index contributed by atoms with van der Waals surface area (Å²) in [5.74, 6) is 0. The number of piperazine rings is 1. The Labute approximate surface area is 203 Å². The van der Waals surface area contributed by atoms with Crippen LogP contribution in [0.15, 0.2) is 121 Å². The van der Waals surface area contributed by atoms with Gasteiger partial charge in [0.25, 0.3) is 0 Å². The molecule has 0 aromatic heterocycles. The molecule has 0 N–H and O–H groups in total. The molecule has 4 aromatic carbocycles. The molecule has 1 fully saturated rings. The van der Waals surface area contributed by atoms with Crippen LogP contribution in [-0.2, 0) is 0 Å². The van der Waals surface area contributed by atoms with Crippen LogP contribution in [0.25, 0.3) is 17.2 Å². The zero-order valence-corrected chi connectivity index (χ0v) is 19.6. The molecular weight excluding hydrogens is 412 g/mol. The molecule has 34 heavy (non-hydrogen) atoms. The lowest BCUT2D eigenvalue weighted by molar-refractivity contribution is 0.118. The minimum atomic E-state index is 0.285. The van der Waals surface area contributed by atoms with Crippen LogP contribution >= 0.6 is 0 Å². The molecule has 0 saturated carbocycles. The normalized spacial score (nSPS) is 16.0. The maximum atomic E-state index is 2.64. The van der Waals surface area contributed by atoms with Crippen LogP contribution in [0.1, 0.15) is 22.7 Å². The Bertz CT molecular complexity index is 1160. The summed E-state index contributed by atoms with van der Waals surface area (Å²) in [5, 5.41) is 0. The quantitative estimate of drug-likeness (QED) is 0.310. The van der Waals surface area contributed by atoms with Crippen LogP contribution in [0.2, 0.25) is 0 Å². The highest BCUT2D eigenvalue weighted by molar-refractivity contribution is 5.63. The highest BCUT2D eigenvalue weighted by Crippen LogP contribution is 2.31. The second-order valence-corrected chi connectivity index (χ2v) is 8.95. The summed E-state index contributed by atoms with van der Waals surface area (Å²) in [6.07, 6.45) is 4.52. The first-order chi connectivity index (χ1) is 16.9. The fourth-order valence-electron chi connectivity index (χ4n) is 4.84. The number of nitrogens with zero attached hydrogens (tertiary/aromatic N) is 2. The molecule has 2 nitrogen and oxygen atoms in total. The molecule has 0 unspecified atom stereocenters. The topological polar surface area (TPSA) is 6.48 Å². The lowest BCUT2D eigenvalue weighted by Gasteiger charge is -2.39. The Morgan fingerprint density at radius 2 is 1.09 bits per heavy atom. The molecule has 0 amide bonds. The van der Waals surface area contributed by atoms with Crippen molar-refractivity contribution in [2.45, 2.75) is 6.04 Å². The van der Waals surface area contributed by atoms with Gasteiger partial charge in [0.1, 0.15) is 0 Å².